The third-order valence-electron chi connectivity index (χ3n) is 4.31. The van der Waals surface area contributed by atoms with E-state index in [9.17, 15) is 9.59 Å². The Morgan fingerprint density at radius 2 is 2.08 bits per heavy atom. The van der Waals surface area contributed by atoms with Crippen LogP contribution in [0.15, 0.2) is 55.3 Å². The zero-order valence-electron chi connectivity index (χ0n) is 14.7. The number of pyridine rings is 1. The Kier molecular flexibility index (Phi) is 5.31. The van der Waals surface area contributed by atoms with Gasteiger partial charge in [-0.25, -0.2) is 4.98 Å². The van der Waals surface area contributed by atoms with E-state index in [4.69, 9.17) is 0 Å². The van der Waals surface area contributed by atoms with Gasteiger partial charge >= 0.3 is 0 Å². The van der Waals surface area contributed by atoms with Crippen molar-refractivity contribution in [2.75, 3.05) is 23.3 Å². The molecular weight excluding hydrogens is 328 g/mol. The molecule has 1 aliphatic rings. The van der Waals surface area contributed by atoms with Crippen LogP contribution in [0, 0.1) is 6.92 Å². The molecule has 1 saturated heterocycles. The molecule has 1 unspecified atom stereocenters. The summed E-state index contributed by atoms with van der Waals surface area (Å²) in [4.78, 5) is 30.5. The monoisotopic (exact) mass is 350 g/mol. The summed E-state index contributed by atoms with van der Waals surface area (Å²) >= 11 is 0. The molecule has 2 aromatic rings. The standard InChI is InChI=1S/C20H22N4O2/c1-3-11-21-19(25)15-6-9-18(22-13-15)23-17-10-12-24(20(17)26)16-7-4-14(2)5-8-16/h3-9,13,17H,1,10-12H2,2H3,(H,21,25)(H,22,23). The Morgan fingerprint density at radius 1 is 1.31 bits per heavy atom. The first-order valence-corrected chi connectivity index (χ1v) is 8.58. The number of anilines is 2. The van der Waals surface area contributed by atoms with E-state index < -0.39 is 0 Å². The van der Waals surface area contributed by atoms with Crippen LogP contribution >= 0.6 is 0 Å². The van der Waals surface area contributed by atoms with Crippen LogP contribution in [0.1, 0.15) is 22.3 Å². The highest BCUT2D eigenvalue weighted by atomic mass is 16.2. The van der Waals surface area contributed by atoms with Gasteiger partial charge in [-0.05, 0) is 37.6 Å². The highest BCUT2D eigenvalue weighted by molar-refractivity contribution is 6.01. The van der Waals surface area contributed by atoms with E-state index in [0.717, 1.165) is 11.3 Å². The van der Waals surface area contributed by atoms with Crippen molar-refractivity contribution in [3.8, 4) is 0 Å². The van der Waals surface area contributed by atoms with Gasteiger partial charge in [0.05, 0.1) is 5.56 Å². The van der Waals surface area contributed by atoms with Crippen molar-refractivity contribution in [2.24, 2.45) is 0 Å². The first-order valence-electron chi connectivity index (χ1n) is 8.58. The van der Waals surface area contributed by atoms with Crippen LogP contribution in [0.25, 0.3) is 0 Å². The summed E-state index contributed by atoms with van der Waals surface area (Å²) in [7, 11) is 0. The summed E-state index contributed by atoms with van der Waals surface area (Å²) in [6.45, 7) is 6.66. The Morgan fingerprint density at radius 3 is 2.73 bits per heavy atom. The number of amides is 2. The first kappa shape index (κ1) is 17.7. The molecule has 3 rings (SSSR count). The number of aromatic nitrogens is 1. The van der Waals surface area contributed by atoms with Crippen LogP contribution in [0.4, 0.5) is 11.5 Å². The van der Waals surface area contributed by atoms with Gasteiger partial charge in [-0.2, -0.15) is 0 Å². The Bertz CT molecular complexity index is 800. The summed E-state index contributed by atoms with van der Waals surface area (Å²) in [6.07, 6.45) is 3.82. The van der Waals surface area contributed by atoms with Crippen molar-refractivity contribution < 1.29 is 9.59 Å². The summed E-state index contributed by atoms with van der Waals surface area (Å²) in [6, 6.07) is 11.0. The SMILES string of the molecule is C=CCNC(=O)c1ccc(NC2CCN(c3ccc(C)cc3)C2=O)nc1. The van der Waals surface area contributed by atoms with Gasteiger partial charge in [0.1, 0.15) is 11.9 Å². The first-order chi connectivity index (χ1) is 12.6. The number of benzene rings is 1. The molecule has 2 amide bonds. The Balaban J connectivity index is 1.62. The quantitative estimate of drug-likeness (QED) is 0.785. The maximum atomic E-state index is 12.7. The average molecular weight is 350 g/mol. The minimum Gasteiger partial charge on any atom is -0.358 e. The summed E-state index contributed by atoms with van der Waals surface area (Å²) in [5.74, 6) is 0.407. The maximum absolute atomic E-state index is 12.7. The topological polar surface area (TPSA) is 74.3 Å². The second-order valence-electron chi connectivity index (χ2n) is 6.24. The molecule has 2 N–H and O–H groups in total. The molecule has 0 radical (unpaired) electrons. The molecule has 1 aromatic heterocycles. The smallest absolute Gasteiger partial charge is 0.253 e. The highest BCUT2D eigenvalue weighted by Gasteiger charge is 2.32. The minimum absolute atomic E-state index is 0.0310. The maximum Gasteiger partial charge on any atom is 0.253 e. The van der Waals surface area contributed by atoms with Crippen molar-refractivity contribution in [3.05, 3.63) is 66.4 Å². The molecule has 134 valence electrons. The van der Waals surface area contributed by atoms with Crippen molar-refractivity contribution in [3.63, 3.8) is 0 Å². The van der Waals surface area contributed by atoms with Crippen LogP contribution in [0.3, 0.4) is 0 Å². The zero-order valence-corrected chi connectivity index (χ0v) is 14.7. The molecule has 0 saturated carbocycles. The van der Waals surface area contributed by atoms with Gasteiger partial charge in [-0.3, -0.25) is 9.59 Å². The second kappa shape index (κ2) is 7.82. The van der Waals surface area contributed by atoms with E-state index in [1.807, 2.05) is 31.2 Å². The average Bonchev–Trinajstić information content (AvgIpc) is 3.01. The summed E-state index contributed by atoms with van der Waals surface area (Å²) in [5.41, 5.74) is 2.54. The second-order valence-corrected chi connectivity index (χ2v) is 6.24. The normalized spacial score (nSPS) is 16.4. The largest absolute Gasteiger partial charge is 0.358 e. The fourth-order valence-electron chi connectivity index (χ4n) is 2.85. The van der Waals surface area contributed by atoms with Gasteiger partial charge in [0.15, 0.2) is 0 Å². The Labute approximate surface area is 152 Å². The zero-order chi connectivity index (χ0) is 18.5. The molecule has 1 aliphatic heterocycles. The molecule has 26 heavy (non-hydrogen) atoms. The predicted octanol–water partition coefficient (Wildman–Crippen LogP) is 2.52. The molecule has 0 aliphatic carbocycles. The van der Waals surface area contributed by atoms with E-state index in [1.165, 1.54) is 6.20 Å². The molecule has 1 atom stereocenters. The lowest BCUT2D eigenvalue weighted by Crippen LogP contribution is -2.33. The fraction of sp³-hybridized carbons (Fsp3) is 0.250. The lowest BCUT2D eigenvalue weighted by Gasteiger charge is -2.17. The van der Waals surface area contributed by atoms with Gasteiger partial charge in [-0.15, -0.1) is 6.58 Å². The number of hydrogen-bond acceptors (Lipinski definition) is 4. The number of carbonyl (C=O) groups is 2. The van der Waals surface area contributed by atoms with Crippen LogP contribution in [-0.2, 0) is 4.79 Å². The van der Waals surface area contributed by atoms with Crippen molar-refractivity contribution in [1.29, 1.82) is 0 Å². The predicted molar refractivity (Wildman–Crippen MR) is 102 cm³/mol. The van der Waals surface area contributed by atoms with Gasteiger partial charge in [0.2, 0.25) is 5.91 Å². The molecule has 6 nitrogen and oxygen atoms in total. The van der Waals surface area contributed by atoms with E-state index in [0.29, 0.717) is 30.9 Å². The third kappa shape index (κ3) is 3.91. The Hall–Kier alpha value is -3.15. The third-order valence-corrected chi connectivity index (χ3v) is 4.31. The number of aryl methyl sites for hydroxylation is 1. The van der Waals surface area contributed by atoms with E-state index in [-0.39, 0.29) is 17.9 Å². The van der Waals surface area contributed by atoms with E-state index >= 15 is 0 Å². The van der Waals surface area contributed by atoms with E-state index in [2.05, 4.69) is 22.2 Å². The van der Waals surface area contributed by atoms with Crippen LogP contribution in [0.5, 0.6) is 0 Å². The van der Waals surface area contributed by atoms with Crippen LogP contribution in [-0.4, -0.2) is 35.9 Å². The molecule has 0 spiro atoms. The molecule has 0 bridgehead atoms. The molecule has 6 heteroatoms. The fourth-order valence-corrected chi connectivity index (χ4v) is 2.85. The summed E-state index contributed by atoms with van der Waals surface area (Å²) < 4.78 is 0. The van der Waals surface area contributed by atoms with Crippen LogP contribution in [0.2, 0.25) is 0 Å². The number of carbonyl (C=O) groups excluding carboxylic acids is 2. The molecule has 1 aromatic carbocycles. The molecule has 2 heterocycles. The summed E-state index contributed by atoms with van der Waals surface area (Å²) in [5, 5.41) is 5.86. The van der Waals surface area contributed by atoms with Crippen LogP contribution < -0.4 is 15.5 Å². The number of nitrogens with zero attached hydrogens (tertiary/aromatic N) is 2. The lowest BCUT2D eigenvalue weighted by atomic mass is 10.2. The van der Waals surface area contributed by atoms with Crippen molar-refractivity contribution >= 4 is 23.3 Å². The molecular formula is C20H22N4O2. The minimum atomic E-state index is -0.316. The van der Waals surface area contributed by atoms with Gasteiger partial charge in [-0.1, -0.05) is 23.8 Å². The number of rotatable bonds is 6. The number of hydrogen-bond donors (Lipinski definition) is 2. The highest BCUT2D eigenvalue weighted by Crippen LogP contribution is 2.23. The van der Waals surface area contributed by atoms with Crippen molar-refractivity contribution in [1.82, 2.24) is 10.3 Å². The van der Waals surface area contributed by atoms with Crippen molar-refractivity contribution in [2.45, 2.75) is 19.4 Å². The number of nitrogens with one attached hydrogen (secondary N) is 2. The van der Waals surface area contributed by atoms with Gasteiger partial charge in [0.25, 0.3) is 5.91 Å². The van der Waals surface area contributed by atoms with Gasteiger partial charge in [0, 0.05) is 25.0 Å². The lowest BCUT2D eigenvalue weighted by molar-refractivity contribution is -0.117. The van der Waals surface area contributed by atoms with E-state index in [1.54, 1.807) is 23.1 Å². The molecule has 1 fully saturated rings. The van der Waals surface area contributed by atoms with Gasteiger partial charge < -0.3 is 15.5 Å².